The van der Waals surface area contributed by atoms with Crippen LogP contribution in [0.25, 0.3) is 0 Å². The third kappa shape index (κ3) is 6.90. The molecule has 0 saturated heterocycles. The molecule has 1 unspecified atom stereocenters. The Labute approximate surface area is 180 Å². The molecule has 0 aliphatic heterocycles. The molecule has 5 heteroatoms. The smallest absolute Gasteiger partial charge is 0.261 e. The molecular formula is C25H34N2O3. The molecule has 0 aromatic heterocycles. The average Bonchev–Trinajstić information content (AvgIpc) is 2.72. The summed E-state index contributed by atoms with van der Waals surface area (Å²) in [4.78, 5) is 27.3. The van der Waals surface area contributed by atoms with Crippen molar-refractivity contribution in [2.75, 3.05) is 13.2 Å². The first-order chi connectivity index (χ1) is 14.3. The van der Waals surface area contributed by atoms with Crippen molar-refractivity contribution in [2.24, 2.45) is 0 Å². The van der Waals surface area contributed by atoms with Crippen LogP contribution in [0, 0.1) is 20.8 Å². The molecule has 0 saturated carbocycles. The zero-order valence-electron chi connectivity index (χ0n) is 18.8. The molecule has 2 amide bonds. The van der Waals surface area contributed by atoms with Gasteiger partial charge in [0.1, 0.15) is 11.8 Å². The van der Waals surface area contributed by atoms with Crippen LogP contribution in [-0.2, 0) is 16.1 Å². The molecular weight excluding hydrogens is 376 g/mol. The van der Waals surface area contributed by atoms with Gasteiger partial charge in [-0.2, -0.15) is 0 Å². The number of amides is 2. The monoisotopic (exact) mass is 410 g/mol. The van der Waals surface area contributed by atoms with Gasteiger partial charge in [0, 0.05) is 13.1 Å². The van der Waals surface area contributed by atoms with Gasteiger partial charge in [-0.05, 0) is 62.9 Å². The van der Waals surface area contributed by atoms with Crippen molar-refractivity contribution in [3.8, 4) is 5.75 Å². The lowest BCUT2D eigenvalue weighted by molar-refractivity contribution is -0.142. The number of benzene rings is 2. The Morgan fingerprint density at radius 1 is 1.07 bits per heavy atom. The van der Waals surface area contributed by atoms with Gasteiger partial charge in [0.2, 0.25) is 5.91 Å². The Bertz CT molecular complexity index is 863. The van der Waals surface area contributed by atoms with Crippen LogP contribution in [-0.4, -0.2) is 35.9 Å². The molecule has 0 spiro atoms. The number of rotatable bonds is 10. The summed E-state index contributed by atoms with van der Waals surface area (Å²) in [6.45, 7) is 10.8. The highest BCUT2D eigenvalue weighted by atomic mass is 16.5. The molecule has 0 heterocycles. The first-order valence-corrected chi connectivity index (χ1v) is 10.6. The second kappa shape index (κ2) is 11.4. The van der Waals surface area contributed by atoms with E-state index in [0.717, 1.165) is 29.5 Å². The summed E-state index contributed by atoms with van der Waals surface area (Å²) >= 11 is 0. The lowest BCUT2D eigenvalue weighted by atomic mass is 10.1. The minimum atomic E-state index is -0.585. The highest BCUT2D eigenvalue weighted by molar-refractivity contribution is 5.87. The van der Waals surface area contributed by atoms with Crippen LogP contribution in [0.3, 0.4) is 0 Å². The van der Waals surface area contributed by atoms with E-state index in [2.05, 4.69) is 12.2 Å². The van der Waals surface area contributed by atoms with Crippen molar-refractivity contribution in [2.45, 2.75) is 60.0 Å². The number of hydrogen-bond donors (Lipinski definition) is 1. The second-order valence-corrected chi connectivity index (χ2v) is 7.87. The zero-order valence-corrected chi connectivity index (χ0v) is 18.8. The number of carbonyl (C=O) groups excluding carboxylic acids is 2. The lowest BCUT2D eigenvalue weighted by Crippen LogP contribution is -2.49. The molecule has 30 heavy (non-hydrogen) atoms. The highest BCUT2D eigenvalue weighted by Crippen LogP contribution is 2.17. The maximum absolute atomic E-state index is 13.1. The summed E-state index contributed by atoms with van der Waals surface area (Å²) < 4.78 is 5.75. The molecule has 1 atom stereocenters. The molecule has 0 aliphatic rings. The number of aryl methyl sites for hydroxylation is 3. The number of carbonyl (C=O) groups is 2. The Morgan fingerprint density at radius 3 is 2.50 bits per heavy atom. The van der Waals surface area contributed by atoms with E-state index >= 15 is 0 Å². The van der Waals surface area contributed by atoms with Crippen molar-refractivity contribution in [1.82, 2.24) is 10.2 Å². The molecule has 0 radical (unpaired) electrons. The minimum Gasteiger partial charge on any atom is -0.484 e. The van der Waals surface area contributed by atoms with Crippen LogP contribution in [0.4, 0.5) is 0 Å². The molecule has 162 valence electrons. The predicted octanol–water partition coefficient (Wildman–Crippen LogP) is 4.32. The summed E-state index contributed by atoms with van der Waals surface area (Å²) in [5, 5.41) is 2.93. The van der Waals surface area contributed by atoms with Gasteiger partial charge in [-0.3, -0.25) is 9.59 Å². The highest BCUT2D eigenvalue weighted by Gasteiger charge is 2.26. The number of hydrogen-bond acceptors (Lipinski definition) is 3. The van der Waals surface area contributed by atoms with Crippen molar-refractivity contribution in [1.29, 1.82) is 0 Å². The van der Waals surface area contributed by atoms with Crippen LogP contribution in [0.2, 0.25) is 0 Å². The third-order valence-corrected chi connectivity index (χ3v) is 5.27. The van der Waals surface area contributed by atoms with E-state index in [0.29, 0.717) is 18.8 Å². The summed E-state index contributed by atoms with van der Waals surface area (Å²) in [6, 6.07) is 13.2. The number of unbranched alkanes of at least 4 members (excludes halogenated alkanes) is 1. The van der Waals surface area contributed by atoms with Crippen molar-refractivity contribution in [3.63, 3.8) is 0 Å². The fourth-order valence-corrected chi connectivity index (χ4v) is 3.16. The minimum absolute atomic E-state index is 0.110. The molecule has 0 aliphatic carbocycles. The molecule has 2 aromatic rings. The molecule has 1 N–H and O–H groups in total. The lowest BCUT2D eigenvalue weighted by Gasteiger charge is -2.29. The quantitative estimate of drug-likeness (QED) is 0.593. The summed E-state index contributed by atoms with van der Waals surface area (Å²) in [6.07, 6.45) is 1.92. The van der Waals surface area contributed by atoms with Gasteiger partial charge in [-0.15, -0.1) is 0 Å². The van der Waals surface area contributed by atoms with Gasteiger partial charge >= 0.3 is 0 Å². The second-order valence-electron chi connectivity index (χ2n) is 7.87. The fraction of sp³-hybridized carbons (Fsp3) is 0.440. The number of nitrogens with zero attached hydrogens (tertiary/aromatic N) is 1. The Balaban J connectivity index is 2.12. The molecule has 0 bridgehead atoms. The topological polar surface area (TPSA) is 58.6 Å². The standard InChI is InChI=1S/C25H34N2O3/c1-6-7-13-26-25(29)21(5)27(16-22-10-8-9-18(2)14-22)24(28)17-30-23-12-11-19(3)20(4)15-23/h8-12,14-15,21H,6-7,13,16-17H2,1-5H3,(H,26,29). The van der Waals surface area contributed by atoms with Crippen molar-refractivity contribution < 1.29 is 14.3 Å². The van der Waals surface area contributed by atoms with E-state index < -0.39 is 6.04 Å². The zero-order chi connectivity index (χ0) is 22.1. The van der Waals surface area contributed by atoms with Gasteiger partial charge in [0.15, 0.2) is 6.61 Å². The predicted molar refractivity (Wildman–Crippen MR) is 121 cm³/mol. The van der Waals surface area contributed by atoms with Gasteiger partial charge < -0.3 is 15.0 Å². The van der Waals surface area contributed by atoms with Gasteiger partial charge in [0.05, 0.1) is 0 Å². The summed E-state index contributed by atoms with van der Waals surface area (Å²) in [5.41, 5.74) is 4.39. The van der Waals surface area contributed by atoms with E-state index in [-0.39, 0.29) is 18.4 Å². The maximum atomic E-state index is 13.1. The van der Waals surface area contributed by atoms with E-state index in [1.807, 2.05) is 63.2 Å². The average molecular weight is 411 g/mol. The van der Waals surface area contributed by atoms with Crippen LogP contribution >= 0.6 is 0 Å². The number of ether oxygens (including phenoxy) is 1. The largest absolute Gasteiger partial charge is 0.484 e. The first kappa shape index (κ1) is 23.5. The molecule has 5 nitrogen and oxygen atoms in total. The Kier molecular flexibility index (Phi) is 8.90. The summed E-state index contributed by atoms with van der Waals surface area (Å²) in [5.74, 6) is 0.297. The fourth-order valence-electron chi connectivity index (χ4n) is 3.16. The van der Waals surface area contributed by atoms with Crippen molar-refractivity contribution in [3.05, 3.63) is 64.7 Å². The third-order valence-electron chi connectivity index (χ3n) is 5.27. The molecule has 2 aromatic carbocycles. The normalized spacial score (nSPS) is 11.6. The van der Waals surface area contributed by atoms with Crippen LogP contribution in [0.1, 0.15) is 48.9 Å². The van der Waals surface area contributed by atoms with E-state index in [9.17, 15) is 9.59 Å². The first-order valence-electron chi connectivity index (χ1n) is 10.6. The Hall–Kier alpha value is -2.82. The number of nitrogens with one attached hydrogen (secondary N) is 1. The van der Waals surface area contributed by atoms with E-state index in [4.69, 9.17) is 4.74 Å². The van der Waals surface area contributed by atoms with Gasteiger partial charge in [-0.25, -0.2) is 0 Å². The van der Waals surface area contributed by atoms with Gasteiger partial charge in [-0.1, -0.05) is 49.2 Å². The molecule has 0 fully saturated rings. The van der Waals surface area contributed by atoms with Crippen molar-refractivity contribution >= 4 is 11.8 Å². The summed E-state index contributed by atoms with van der Waals surface area (Å²) in [7, 11) is 0. The van der Waals surface area contributed by atoms with E-state index in [1.165, 1.54) is 5.56 Å². The van der Waals surface area contributed by atoms with E-state index in [1.54, 1.807) is 11.8 Å². The van der Waals surface area contributed by atoms with Crippen LogP contribution in [0.15, 0.2) is 42.5 Å². The van der Waals surface area contributed by atoms with Gasteiger partial charge in [0.25, 0.3) is 5.91 Å². The molecule has 2 rings (SSSR count). The Morgan fingerprint density at radius 2 is 1.83 bits per heavy atom. The maximum Gasteiger partial charge on any atom is 0.261 e. The van der Waals surface area contributed by atoms with Crippen LogP contribution < -0.4 is 10.1 Å². The SMILES string of the molecule is CCCCNC(=O)C(C)N(Cc1cccc(C)c1)C(=O)COc1ccc(C)c(C)c1. The van der Waals surface area contributed by atoms with Crippen LogP contribution in [0.5, 0.6) is 5.75 Å².